The number of rotatable bonds is 6. The van der Waals surface area contributed by atoms with Crippen LogP contribution in [0.25, 0.3) is 10.8 Å². The third-order valence-corrected chi connectivity index (χ3v) is 5.77. The second-order valence-electron chi connectivity index (χ2n) is 7.93. The number of nitrogens with one attached hydrogen (secondary N) is 1. The monoisotopic (exact) mass is 430 g/mol. The Labute approximate surface area is 184 Å². The molecule has 5 rings (SSSR count). The van der Waals surface area contributed by atoms with Gasteiger partial charge in [-0.3, -0.25) is 19.3 Å². The van der Waals surface area contributed by atoms with E-state index in [4.69, 9.17) is 9.47 Å². The van der Waals surface area contributed by atoms with E-state index in [2.05, 4.69) is 5.32 Å². The zero-order valence-corrected chi connectivity index (χ0v) is 17.4. The van der Waals surface area contributed by atoms with Gasteiger partial charge in [0.05, 0.1) is 23.8 Å². The molecule has 7 heteroatoms. The van der Waals surface area contributed by atoms with Gasteiger partial charge in [0.2, 0.25) is 0 Å². The zero-order valence-electron chi connectivity index (χ0n) is 17.4. The Bertz CT molecular complexity index is 1210. The number of carbonyl (C=O) groups is 3. The summed E-state index contributed by atoms with van der Waals surface area (Å²) >= 11 is 0. The van der Waals surface area contributed by atoms with Crippen LogP contribution in [-0.2, 0) is 9.53 Å². The molecule has 1 saturated heterocycles. The molecular formula is C25H22N2O5. The van der Waals surface area contributed by atoms with Crippen LogP contribution in [-0.4, -0.2) is 48.5 Å². The fourth-order valence-electron chi connectivity index (χ4n) is 4.19. The van der Waals surface area contributed by atoms with Crippen molar-refractivity contribution in [3.8, 4) is 5.75 Å². The van der Waals surface area contributed by atoms with Crippen molar-refractivity contribution in [1.29, 1.82) is 0 Å². The van der Waals surface area contributed by atoms with Crippen molar-refractivity contribution in [3.05, 3.63) is 71.8 Å². The summed E-state index contributed by atoms with van der Waals surface area (Å²) in [6, 6.07) is 18.2. The predicted molar refractivity (Wildman–Crippen MR) is 119 cm³/mol. The van der Waals surface area contributed by atoms with Gasteiger partial charge in [-0.25, -0.2) is 0 Å². The van der Waals surface area contributed by atoms with Crippen molar-refractivity contribution < 1.29 is 23.9 Å². The third-order valence-electron chi connectivity index (χ3n) is 5.77. The maximum absolute atomic E-state index is 12.8. The molecule has 162 valence electrons. The van der Waals surface area contributed by atoms with Crippen molar-refractivity contribution in [2.45, 2.75) is 18.9 Å². The number of fused-ring (bicyclic) bond motifs is 2. The highest BCUT2D eigenvalue weighted by atomic mass is 16.5. The van der Waals surface area contributed by atoms with Crippen LogP contribution < -0.4 is 10.1 Å². The standard InChI is InChI=1S/C25H22N2O5/c28-23(15-32-22-9-3-6-16-5-1-2-8-19(16)22)26-17-10-11-20-21(13-17)25(30)27(24(20)29)14-18-7-4-12-31-18/h1-3,5-6,8-11,13,18H,4,7,12,14-15H2,(H,26,28). The molecule has 3 amide bonds. The number of benzene rings is 3. The summed E-state index contributed by atoms with van der Waals surface area (Å²) < 4.78 is 11.3. The fourth-order valence-corrected chi connectivity index (χ4v) is 4.19. The number of nitrogens with zero attached hydrogens (tertiary/aromatic N) is 1. The normalized spacial score (nSPS) is 17.6. The average Bonchev–Trinajstić information content (AvgIpc) is 3.41. The first-order valence-electron chi connectivity index (χ1n) is 10.6. The SMILES string of the molecule is O=C(COc1cccc2ccccc12)Nc1ccc2c(c1)C(=O)N(CC1CCCO1)C2=O. The minimum absolute atomic E-state index is 0.109. The summed E-state index contributed by atoms with van der Waals surface area (Å²) in [4.78, 5) is 39.1. The molecule has 7 nitrogen and oxygen atoms in total. The third kappa shape index (κ3) is 3.83. The van der Waals surface area contributed by atoms with E-state index in [0.29, 0.717) is 29.2 Å². The molecule has 1 N–H and O–H groups in total. The summed E-state index contributed by atoms with van der Waals surface area (Å²) in [6.07, 6.45) is 1.67. The molecule has 2 heterocycles. The summed E-state index contributed by atoms with van der Waals surface area (Å²) in [6.45, 7) is 0.737. The molecule has 0 radical (unpaired) electrons. The minimum atomic E-state index is -0.358. The Balaban J connectivity index is 1.25. The molecule has 3 aromatic carbocycles. The van der Waals surface area contributed by atoms with Gasteiger partial charge in [-0.15, -0.1) is 0 Å². The first kappa shape index (κ1) is 20.2. The van der Waals surface area contributed by atoms with Crippen molar-refractivity contribution in [1.82, 2.24) is 4.90 Å². The van der Waals surface area contributed by atoms with Gasteiger partial charge in [-0.2, -0.15) is 0 Å². The Hall–Kier alpha value is -3.71. The average molecular weight is 430 g/mol. The van der Waals surface area contributed by atoms with Crippen molar-refractivity contribution >= 4 is 34.2 Å². The van der Waals surface area contributed by atoms with Crippen molar-refractivity contribution in [2.75, 3.05) is 25.1 Å². The second kappa shape index (κ2) is 8.43. The number of anilines is 1. The smallest absolute Gasteiger partial charge is 0.262 e. The number of amides is 3. The quantitative estimate of drug-likeness (QED) is 0.604. The first-order chi connectivity index (χ1) is 15.6. The molecule has 3 aromatic rings. The lowest BCUT2D eigenvalue weighted by atomic mass is 10.1. The van der Waals surface area contributed by atoms with E-state index in [1.165, 1.54) is 4.90 Å². The van der Waals surface area contributed by atoms with E-state index in [-0.39, 0.29) is 37.0 Å². The highest BCUT2D eigenvalue weighted by Crippen LogP contribution is 2.28. The molecule has 0 bridgehead atoms. The Morgan fingerprint density at radius 3 is 2.69 bits per heavy atom. The van der Waals surface area contributed by atoms with Crippen LogP contribution in [0.5, 0.6) is 5.75 Å². The number of hydrogen-bond donors (Lipinski definition) is 1. The van der Waals surface area contributed by atoms with E-state index >= 15 is 0 Å². The van der Waals surface area contributed by atoms with Gasteiger partial charge in [0.25, 0.3) is 17.7 Å². The molecule has 1 fully saturated rings. The number of imide groups is 1. The van der Waals surface area contributed by atoms with Crippen molar-refractivity contribution in [2.24, 2.45) is 0 Å². The maximum atomic E-state index is 12.8. The van der Waals surface area contributed by atoms with E-state index in [1.54, 1.807) is 18.2 Å². The van der Waals surface area contributed by atoms with E-state index in [0.717, 1.165) is 23.6 Å². The Morgan fingerprint density at radius 2 is 1.84 bits per heavy atom. The van der Waals surface area contributed by atoms with Crippen LogP contribution >= 0.6 is 0 Å². The molecule has 0 aromatic heterocycles. The predicted octanol–water partition coefficient (Wildman–Crippen LogP) is 3.63. The molecule has 0 saturated carbocycles. The lowest BCUT2D eigenvalue weighted by molar-refractivity contribution is -0.118. The van der Waals surface area contributed by atoms with Gasteiger partial charge in [-0.1, -0.05) is 36.4 Å². The van der Waals surface area contributed by atoms with Crippen LogP contribution in [0.4, 0.5) is 5.69 Å². The Kier molecular flexibility index (Phi) is 5.33. The molecule has 1 unspecified atom stereocenters. The van der Waals surface area contributed by atoms with Crippen LogP contribution in [0, 0.1) is 0 Å². The largest absolute Gasteiger partial charge is 0.483 e. The molecule has 32 heavy (non-hydrogen) atoms. The van der Waals surface area contributed by atoms with E-state index in [1.807, 2.05) is 42.5 Å². The van der Waals surface area contributed by atoms with Gasteiger partial charge < -0.3 is 14.8 Å². The molecule has 2 aliphatic heterocycles. The van der Waals surface area contributed by atoms with Crippen LogP contribution in [0.3, 0.4) is 0 Å². The summed E-state index contributed by atoms with van der Waals surface area (Å²) in [5.41, 5.74) is 1.08. The summed E-state index contributed by atoms with van der Waals surface area (Å²) in [5, 5.41) is 4.70. The highest BCUT2D eigenvalue weighted by Gasteiger charge is 2.37. The van der Waals surface area contributed by atoms with Crippen molar-refractivity contribution in [3.63, 3.8) is 0 Å². The topological polar surface area (TPSA) is 84.9 Å². The van der Waals surface area contributed by atoms with Gasteiger partial charge in [0.1, 0.15) is 5.75 Å². The fraction of sp³-hybridized carbons (Fsp3) is 0.240. The minimum Gasteiger partial charge on any atom is -0.483 e. The van der Waals surface area contributed by atoms with E-state index in [9.17, 15) is 14.4 Å². The molecule has 1 atom stereocenters. The summed E-state index contributed by atoms with van der Waals surface area (Å²) in [5.74, 6) is -0.412. The van der Waals surface area contributed by atoms with Gasteiger partial charge in [0, 0.05) is 17.7 Å². The van der Waals surface area contributed by atoms with Crippen LogP contribution in [0.2, 0.25) is 0 Å². The maximum Gasteiger partial charge on any atom is 0.262 e. The zero-order chi connectivity index (χ0) is 22.1. The highest BCUT2D eigenvalue weighted by molar-refractivity contribution is 6.22. The molecule has 0 spiro atoms. The van der Waals surface area contributed by atoms with E-state index < -0.39 is 0 Å². The molecule has 2 aliphatic rings. The summed E-state index contributed by atoms with van der Waals surface area (Å²) in [7, 11) is 0. The second-order valence-corrected chi connectivity index (χ2v) is 7.93. The lowest BCUT2D eigenvalue weighted by Crippen LogP contribution is -2.36. The van der Waals surface area contributed by atoms with Gasteiger partial charge >= 0.3 is 0 Å². The molecular weight excluding hydrogens is 408 g/mol. The number of hydrogen-bond acceptors (Lipinski definition) is 5. The van der Waals surface area contributed by atoms with Gasteiger partial charge in [0.15, 0.2) is 6.61 Å². The number of ether oxygens (including phenoxy) is 2. The van der Waals surface area contributed by atoms with Crippen LogP contribution in [0.1, 0.15) is 33.6 Å². The Morgan fingerprint density at radius 1 is 1.03 bits per heavy atom. The van der Waals surface area contributed by atoms with Crippen LogP contribution in [0.15, 0.2) is 60.7 Å². The molecule has 0 aliphatic carbocycles. The lowest BCUT2D eigenvalue weighted by Gasteiger charge is -2.17. The van der Waals surface area contributed by atoms with Gasteiger partial charge in [-0.05, 0) is 42.5 Å². The first-order valence-corrected chi connectivity index (χ1v) is 10.6. The number of carbonyl (C=O) groups excluding carboxylic acids is 3.